The molecule has 0 aliphatic carbocycles. The van der Waals surface area contributed by atoms with E-state index in [2.05, 4.69) is 17.1 Å². The van der Waals surface area contributed by atoms with Crippen LogP contribution < -0.4 is 0 Å². The predicted molar refractivity (Wildman–Crippen MR) is 39.1 cm³/mol. The number of rotatable bonds is 3. The Morgan fingerprint density at radius 3 is 2.20 bits per heavy atom. The Balaban J connectivity index is 0. The van der Waals surface area contributed by atoms with Crippen molar-refractivity contribution in [3.05, 3.63) is 0 Å². The average molecular weight is 190 g/mol. The van der Waals surface area contributed by atoms with Gasteiger partial charge in [-0.3, -0.25) is 9.59 Å². The van der Waals surface area contributed by atoms with Crippen LogP contribution in [-0.2, 0) is 13.8 Å². The number of carbonyl (C=O) groups excluding carboxylic acids is 1. The zero-order valence-electron chi connectivity index (χ0n) is 4.53. The van der Waals surface area contributed by atoms with Crippen LogP contribution in [0.5, 0.6) is 0 Å². The number of hydrogen-bond acceptors (Lipinski definition) is 4. The van der Waals surface area contributed by atoms with E-state index in [9.17, 15) is 9.59 Å². The van der Waals surface area contributed by atoms with Crippen molar-refractivity contribution in [1.29, 1.82) is 0 Å². The first-order valence-corrected chi connectivity index (χ1v) is 2.59. The summed E-state index contributed by atoms with van der Waals surface area (Å²) in [6, 6.07) is 0. The molecule has 0 amide bonds. The van der Waals surface area contributed by atoms with Gasteiger partial charge in [-0.05, 0) is 0 Å². The zero-order chi connectivity index (χ0) is 7.28. The summed E-state index contributed by atoms with van der Waals surface area (Å²) in [6.07, 6.45) is -0.335. The second-order valence-corrected chi connectivity index (χ2v) is 1.54. The quantitative estimate of drug-likeness (QED) is 0.361. The second-order valence-electron chi connectivity index (χ2n) is 1.36. The van der Waals surface area contributed by atoms with E-state index in [4.69, 9.17) is 5.11 Å². The number of hydrogen-bond donors (Lipinski definition) is 2. The molecule has 0 bridgehead atoms. The third kappa shape index (κ3) is 8.93. The summed E-state index contributed by atoms with van der Waals surface area (Å²) in [6.45, 7) is 0. The van der Waals surface area contributed by atoms with Crippen molar-refractivity contribution in [3.63, 3.8) is 0 Å². The summed E-state index contributed by atoms with van der Waals surface area (Å²) >= 11 is 3.18. The standard InChI is InChI=1S/C4H6O4S.K.H/c5-3(6)1-2-4(7)8-9;;/h9H,1-2H2,(H,5,6);;. The summed E-state index contributed by atoms with van der Waals surface area (Å²) in [5.74, 6) is -1.64. The van der Waals surface area contributed by atoms with Crippen LogP contribution in [0.2, 0.25) is 0 Å². The molecule has 0 heterocycles. The van der Waals surface area contributed by atoms with E-state index in [0.717, 1.165) is 0 Å². The van der Waals surface area contributed by atoms with Crippen LogP contribution >= 0.6 is 12.9 Å². The van der Waals surface area contributed by atoms with E-state index in [1.807, 2.05) is 0 Å². The number of carboxylic acid groups (broad SMARTS) is 1. The molecule has 0 aromatic rings. The molecule has 0 unspecified atom stereocenters. The average Bonchev–Trinajstić information content (AvgIpc) is 1.83. The predicted octanol–water partition coefficient (Wildman–Crippen LogP) is -0.409. The van der Waals surface area contributed by atoms with E-state index in [0.29, 0.717) is 0 Å². The molecule has 0 fully saturated rings. The van der Waals surface area contributed by atoms with Gasteiger partial charge in [0, 0.05) is 12.9 Å². The van der Waals surface area contributed by atoms with Crippen LogP contribution in [0.15, 0.2) is 0 Å². The van der Waals surface area contributed by atoms with Crippen LogP contribution in [0.25, 0.3) is 0 Å². The Hall–Kier alpha value is 0.926. The minimum atomic E-state index is -1.02. The summed E-state index contributed by atoms with van der Waals surface area (Å²) < 4.78 is 3.89. The van der Waals surface area contributed by atoms with E-state index < -0.39 is 11.9 Å². The van der Waals surface area contributed by atoms with Crippen LogP contribution in [0.1, 0.15) is 12.8 Å². The number of aliphatic carboxylic acids is 1. The number of carbonyl (C=O) groups is 2. The maximum atomic E-state index is 10.2. The summed E-state index contributed by atoms with van der Waals surface area (Å²) in [7, 11) is 0. The third-order valence-electron chi connectivity index (χ3n) is 0.645. The maximum absolute atomic E-state index is 10.2. The topological polar surface area (TPSA) is 63.6 Å². The molecule has 0 aromatic heterocycles. The van der Waals surface area contributed by atoms with Gasteiger partial charge >= 0.3 is 63.3 Å². The first kappa shape index (κ1) is 13.5. The molecule has 0 rings (SSSR count). The summed E-state index contributed by atoms with van der Waals surface area (Å²) in [5, 5.41) is 8.03. The van der Waals surface area contributed by atoms with Gasteiger partial charge in [0.1, 0.15) is 0 Å². The number of thiol groups is 1. The van der Waals surface area contributed by atoms with Gasteiger partial charge in [0.05, 0.1) is 12.8 Å². The molecule has 0 spiro atoms. The monoisotopic (exact) mass is 190 g/mol. The summed E-state index contributed by atoms with van der Waals surface area (Å²) in [5.41, 5.74) is 0. The minimum absolute atomic E-state index is 0. The Kier molecular flexibility index (Phi) is 10.8. The SMILES string of the molecule is O=C(O)CCC(=O)OS.[KH]. The molecule has 0 aliphatic heterocycles. The summed E-state index contributed by atoms with van der Waals surface area (Å²) in [4.78, 5) is 19.9. The molecule has 0 aliphatic rings. The Morgan fingerprint density at radius 1 is 1.40 bits per heavy atom. The molecule has 6 heteroatoms. The van der Waals surface area contributed by atoms with Gasteiger partial charge < -0.3 is 9.29 Å². The molecule has 0 atom stereocenters. The molecule has 10 heavy (non-hydrogen) atoms. The van der Waals surface area contributed by atoms with E-state index >= 15 is 0 Å². The van der Waals surface area contributed by atoms with Gasteiger partial charge in [-0.1, -0.05) is 0 Å². The van der Waals surface area contributed by atoms with Crippen molar-refractivity contribution in [1.82, 2.24) is 0 Å². The molecule has 0 saturated heterocycles. The second kappa shape index (κ2) is 8.03. The zero-order valence-corrected chi connectivity index (χ0v) is 5.43. The third-order valence-corrected chi connectivity index (χ3v) is 0.848. The first-order chi connectivity index (χ1) is 4.16. The molecule has 0 saturated carbocycles. The van der Waals surface area contributed by atoms with E-state index in [1.54, 1.807) is 0 Å². The van der Waals surface area contributed by atoms with Crippen molar-refractivity contribution < 1.29 is 18.9 Å². The van der Waals surface area contributed by atoms with Crippen LogP contribution in [0.4, 0.5) is 0 Å². The Bertz CT molecular complexity index is 126. The van der Waals surface area contributed by atoms with Crippen molar-refractivity contribution >= 4 is 76.2 Å². The molecular formula is C4H7KO4S. The van der Waals surface area contributed by atoms with Gasteiger partial charge in [0.15, 0.2) is 0 Å². The van der Waals surface area contributed by atoms with Crippen molar-refractivity contribution in [2.75, 3.05) is 0 Å². The van der Waals surface area contributed by atoms with Crippen molar-refractivity contribution in [3.8, 4) is 0 Å². The van der Waals surface area contributed by atoms with Crippen LogP contribution in [0.3, 0.4) is 0 Å². The number of carboxylic acids is 1. The van der Waals surface area contributed by atoms with Crippen molar-refractivity contribution in [2.45, 2.75) is 12.8 Å². The van der Waals surface area contributed by atoms with Crippen molar-refractivity contribution in [2.24, 2.45) is 0 Å². The first-order valence-electron chi connectivity index (χ1n) is 2.23. The van der Waals surface area contributed by atoms with Gasteiger partial charge in [-0.2, -0.15) is 0 Å². The molecule has 0 aromatic carbocycles. The van der Waals surface area contributed by atoms with Gasteiger partial charge in [-0.25, -0.2) is 0 Å². The fourth-order valence-corrected chi connectivity index (χ4v) is 0.346. The van der Waals surface area contributed by atoms with Crippen LogP contribution in [-0.4, -0.2) is 68.4 Å². The molecular weight excluding hydrogens is 183 g/mol. The Morgan fingerprint density at radius 2 is 1.90 bits per heavy atom. The fourth-order valence-electron chi connectivity index (χ4n) is 0.255. The Labute approximate surface area is 106 Å². The van der Waals surface area contributed by atoms with Crippen LogP contribution in [0, 0.1) is 0 Å². The normalized spacial score (nSPS) is 7.70. The van der Waals surface area contributed by atoms with Gasteiger partial charge in [0.25, 0.3) is 0 Å². The van der Waals surface area contributed by atoms with E-state index in [-0.39, 0.29) is 64.2 Å². The fraction of sp³-hybridized carbons (Fsp3) is 0.500. The van der Waals surface area contributed by atoms with Gasteiger partial charge in [-0.15, -0.1) is 0 Å². The van der Waals surface area contributed by atoms with Gasteiger partial charge in [0.2, 0.25) is 0 Å². The van der Waals surface area contributed by atoms with E-state index in [1.165, 1.54) is 0 Å². The molecule has 1 N–H and O–H groups in total. The molecule has 4 nitrogen and oxygen atoms in total. The molecule has 54 valence electrons. The molecule has 0 radical (unpaired) electrons.